The fourth-order valence-corrected chi connectivity index (χ4v) is 1.22. The van der Waals surface area contributed by atoms with Crippen molar-refractivity contribution in [3.63, 3.8) is 0 Å². The first-order valence-electron chi connectivity index (χ1n) is 4.77. The number of amides is 1. The Labute approximate surface area is 91.5 Å². The molecule has 82 valence electrons. The van der Waals surface area contributed by atoms with E-state index in [1.807, 2.05) is 6.92 Å². The Kier molecular flexibility index (Phi) is 2.86. The summed E-state index contributed by atoms with van der Waals surface area (Å²) < 4.78 is 1.67. The van der Waals surface area contributed by atoms with Gasteiger partial charge in [-0.15, -0.1) is 10.2 Å². The molecule has 0 radical (unpaired) electrons. The summed E-state index contributed by atoms with van der Waals surface area (Å²) in [5.41, 5.74) is 0.173. The van der Waals surface area contributed by atoms with Crippen molar-refractivity contribution >= 4 is 11.7 Å². The van der Waals surface area contributed by atoms with Crippen LogP contribution in [0.25, 0.3) is 0 Å². The van der Waals surface area contributed by atoms with E-state index < -0.39 is 0 Å². The molecular formula is C9H10N6O. The molecule has 0 spiro atoms. The maximum atomic E-state index is 11.7. The zero-order valence-corrected chi connectivity index (χ0v) is 8.66. The molecule has 1 amide bonds. The molecule has 0 aliphatic carbocycles. The minimum absolute atomic E-state index is 0.173. The van der Waals surface area contributed by atoms with Crippen molar-refractivity contribution in [2.75, 3.05) is 5.32 Å². The average Bonchev–Trinajstić information content (AvgIpc) is 2.77. The van der Waals surface area contributed by atoms with Crippen LogP contribution in [0, 0.1) is 0 Å². The standard InChI is InChI=1S/C9H10N6O/c1-2-15-8(3-4-12-15)13-9(16)7-5-10-6-11-14-7/h3-6H,2H2,1H3,(H,13,16). The Balaban J connectivity index is 2.14. The molecule has 0 unspecified atom stereocenters. The summed E-state index contributed by atoms with van der Waals surface area (Å²) >= 11 is 0. The zero-order valence-electron chi connectivity index (χ0n) is 8.66. The molecule has 2 aromatic heterocycles. The fraction of sp³-hybridized carbons (Fsp3) is 0.222. The lowest BCUT2D eigenvalue weighted by molar-refractivity contribution is 0.102. The summed E-state index contributed by atoms with van der Waals surface area (Å²) in [5.74, 6) is 0.272. The number of nitrogens with one attached hydrogen (secondary N) is 1. The van der Waals surface area contributed by atoms with Crippen LogP contribution in [0.15, 0.2) is 24.8 Å². The number of carbonyl (C=O) groups excluding carboxylic acids is 1. The highest BCUT2D eigenvalue weighted by Crippen LogP contribution is 2.06. The number of aromatic nitrogens is 5. The molecule has 1 N–H and O–H groups in total. The second-order valence-electron chi connectivity index (χ2n) is 2.98. The molecule has 0 saturated carbocycles. The van der Waals surface area contributed by atoms with E-state index in [1.165, 1.54) is 12.5 Å². The summed E-state index contributed by atoms with van der Waals surface area (Å²) in [5, 5.41) is 13.9. The number of anilines is 1. The maximum Gasteiger partial charge on any atom is 0.278 e. The molecule has 0 atom stereocenters. The van der Waals surface area contributed by atoms with E-state index in [9.17, 15) is 4.79 Å². The number of hydrogen-bond acceptors (Lipinski definition) is 5. The SMILES string of the molecule is CCn1nccc1NC(=O)c1cncnn1. The van der Waals surface area contributed by atoms with Gasteiger partial charge < -0.3 is 5.32 Å². The van der Waals surface area contributed by atoms with Gasteiger partial charge in [-0.1, -0.05) is 0 Å². The third-order valence-electron chi connectivity index (χ3n) is 1.97. The van der Waals surface area contributed by atoms with Gasteiger partial charge >= 0.3 is 0 Å². The maximum absolute atomic E-state index is 11.7. The summed E-state index contributed by atoms with van der Waals surface area (Å²) in [6, 6.07) is 1.71. The molecule has 0 aromatic carbocycles. The van der Waals surface area contributed by atoms with Crippen molar-refractivity contribution < 1.29 is 4.79 Å². The van der Waals surface area contributed by atoms with Crippen LogP contribution >= 0.6 is 0 Å². The smallest absolute Gasteiger partial charge is 0.278 e. The molecule has 16 heavy (non-hydrogen) atoms. The first-order chi connectivity index (χ1) is 7.81. The number of carbonyl (C=O) groups is 1. The van der Waals surface area contributed by atoms with Gasteiger partial charge in [-0.05, 0) is 6.92 Å². The van der Waals surface area contributed by atoms with Gasteiger partial charge in [-0.3, -0.25) is 4.79 Å². The summed E-state index contributed by atoms with van der Waals surface area (Å²) in [6.07, 6.45) is 4.25. The Hall–Kier alpha value is -2.31. The fourth-order valence-electron chi connectivity index (χ4n) is 1.22. The van der Waals surface area contributed by atoms with E-state index in [0.717, 1.165) is 0 Å². The molecule has 0 saturated heterocycles. The second-order valence-corrected chi connectivity index (χ2v) is 2.98. The van der Waals surface area contributed by atoms with Crippen molar-refractivity contribution in [3.05, 3.63) is 30.5 Å². The number of rotatable bonds is 3. The average molecular weight is 218 g/mol. The van der Waals surface area contributed by atoms with Gasteiger partial charge in [0.2, 0.25) is 0 Å². The highest BCUT2D eigenvalue weighted by Gasteiger charge is 2.10. The van der Waals surface area contributed by atoms with Crippen LogP contribution in [0.2, 0.25) is 0 Å². The number of hydrogen-bond donors (Lipinski definition) is 1. The highest BCUT2D eigenvalue weighted by molar-refractivity contribution is 6.01. The van der Waals surface area contributed by atoms with Crippen LogP contribution < -0.4 is 5.32 Å². The lowest BCUT2D eigenvalue weighted by atomic mass is 10.4. The molecule has 2 heterocycles. The number of nitrogens with zero attached hydrogens (tertiary/aromatic N) is 5. The first-order valence-corrected chi connectivity index (χ1v) is 4.77. The van der Waals surface area contributed by atoms with Crippen molar-refractivity contribution in [2.45, 2.75) is 13.5 Å². The monoisotopic (exact) mass is 218 g/mol. The van der Waals surface area contributed by atoms with E-state index in [1.54, 1.807) is 16.9 Å². The van der Waals surface area contributed by atoms with Crippen molar-refractivity contribution in [1.29, 1.82) is 0 Å². The van der Waals surface area contributed by atoms with Crippen molar-refractivity contribution in [3.8, 4) is 0 Å². The second kappa shape index (κ2) is 4.47. The normalized spacial score (nSPS) is 10.1. The van der Waals surface area contributed by atoms with Crippen LogP contribution in [0.5, 0.6) is 0 Å². The lowest BCUT2D eigenvalue weighted by Crippen LogP contribution is -2.17. The summed E-state index contributed by atoms with van der Waals surface area (Å²) in [7, 11) is 0. The van der Waals surface area contributed by atoms with Crippen LogP contribution in [0.3, 0.4) is 0 Å². The first kappa shape index (κ1) is 10.2. The molecule has 0 aliphatic rings. The molecule has 0 aliphatic heterocycles. The Morgan fingerprint density at radius 3 is 3.12 bits per heavy atom. The molecule has 0 bridgehead atoms. The largest absolute Gasteiger partial charge is 0.305 e. The molecule has 2 aromatic rings. The predicted octanol–water partition coefficient (Wildman–Crippen LogP) is 0.340. The molecule has 2 rings (SSSR count). The van der Waals surface area contributed by atoms with Crippen molar-refractivity contribution in [2.24, 2.45) is 0 Å². The van der Waals surface area contributed by atoms with Gasteiger partial charge in [-0.2, -0.15) is 5.10 Å². The molecular weight excluding hydrogens is 208 g/mol. The van der Waals surface area contributed by atoms with Gasteiger partial charge in [0.05, 0.1) is 12.4 Å². The molecule has 7 nitrogen and oxygen atoms in total. The Morgan fingerprint density at radius 2 is 2.44 bits per heavy atom. The van der Waals surface area contributed by atoms with Crippen LogP contribution in [-0.2, 0) is 6.54 Å². The predicted molar refractivity (Wildman–Crippen MR) is 55.7 cm³/mol. The minimum Gasteiger partial charge on any atom is -0.305 e. The third-order valence-corrected chi connectivity index (χ3v) is 1.97. The van der Waals surface area contributed by atoms with E-state index in [4.69, 9.17) is 0 Å². The van der Waals surface area contributed by atoms with Crippen LogP contribution in [0.1, 0.15) is 17.4 Å². The molecule has 7 heteroatoms. The molecule has 0 fully saturated rings. The Morgan fingerprint density at radius 1 is 1.56 bits per heavy atom. The van der Waals surface area contributed by atoms with Gasteiger partial charge in [0.15, 0.2) is 5.69 Å². The zero-order chi connectivity index (χ0) is 11.4. The lowest BCUT2D eigenvalue weighted by Gasteiger charge is -2.05. The van der Waals surface area contributed by atoms with Gasteiger partial charge in [0.1, 0.15) is 12.1 Å². The quantitative estimate of drug-likeness (QED) is 0.802. The van der Waals surface area contributed by atoms with E-state index >= 15 is 0 Å². The Bertz CT molecular complexity index is 480. The number of aryl methyl sites for hydroxylation is 1. The van der Waals surface area contributed by atoms with Gasteiger partial charge in [-0.25, -0.2) is 9.67 Å². The topological polar surface area (TPSA) is 85.6 Å². The van der Waals surface area contributed by atoms with E-state index in [0.29, 0.717) is 12.4 Å². The summed E-state index contributed by atoms with van der Waals surface area (Å²) in [4.78, 5) is 15.4. The van der Waals surface area contributed by atoms with Gasteiger partial charge in [0, 0.05) is 12.6 Å². The van der Waals surface area contributed by atoms with Gasteiger partial charge in [0.25, 0.3) is 5.91 Å². The van der Waals surface area contributed by atoms with Crippen LogP contribution in [-0.4, -0.2) is 30.9 Å². The van der Waals surface area contributed by atoms with Crippen LogP contribution in [0.4, 0.5) is 5.82 Å². The minimum atomic E-state index is -0.351. The third kappa shape index (κ3) is 2.02. The van der Waals surface area contributed by atoms with Crippen molar-refractivity contribution in [1.82, 2.24) is 25.0 Å². The highest BCUT2D eigenvalue weighted by atomic mass is 16.2. The van der Waals surface area contributed by atoms with E-state index in [-0.39, 0.29) is 11.6 Å². The van der Waals surface area contributed by atoms with E-state index in [2.05, 4.69) is 25.6 Å². The summed E-state index contributed by atoms with van der Waals surface area (Å²) in [6.45, 7) is 2.62.